The quantitative estimate of drug-likeness (QED) is 0.0240. The van der Waals surface area contributed by atoms with E-state index in [1.807, 2.05) is 0 Å². The van der Waals surface area contributed by atoms with Crippen molar-refractivity contribution < 1.29 is 46.3 Å². The SMILES string of the molecule is C[Si](C)(C)O[Si](C)(C)CCCCCCOc1ccc(C(=O)Oc2ccc(OC(=O)c3ccc(OCCCCCC[Si](C)(C)O[Si](C)(C)C)cc3)c(COC(=O)C3CC4C=CC3C4)c2)cc1. The Morgan fingerprint density at radius 3 is 1.48 bits per heavy atom. The summed E-state index contributed by atoms with van der Waals surface area (Å²) in [6.45, 7) is 23.9. The molecule has 2 aliphatic carbocycles. The molecule has 0 aliphatic heterocycles. The van der Waals surface area contributed by atoms with Crippen molar-refractivity contribution in [2.75, 3.05) is 13.2 Å². The van der Waals surface area contributed by atoms with E-state index < -0.39 is 45.2 Å². The van der Waals surface area contributed by atoms with Crippen LogP contribution in [0.1, 0.15) is 90.5 Å². The first-order valence-corrected chi connectivity index (χ1v) is 37.0. The Kier molecular flexibility index (Phi) is 19.1. The topological polar surface area (TPSA) is 116 Å². The number of fused-ring (bicyclic) bond motifs is 2. The second-order valence-electron chi connectivity index (χ2n) is 21.1. The van der Waals surface area contributed by atoms with Gasteiger partial charge in [-0.05, 0) is 182 Å². The molecule has 0 saturated heterocycles. The van der Waals surface area contributed by atoms with Crippen LogP contribution in [-0.4, -0.2) is 64.4 Å². The highest BCUT2D eigenvalue weighted by Gasteiger charge is 2.41. The zero-order chi connectivity index (χ0) is 47.3. The van der Waals surface area contributed by atoms with Crippen LogP contribution in [0.2, 0.25) is 77.6 Å². The fourth-order valence-electron chi connectivity index (χ4n) is 8.99. The van der Waals surface area contributed by atoms with Crippen LogP contribution >= 0.6 is 0 Å². The van der Waals surface area contributed by atoms with E-state index in [-0.39, 0.29) is 35.9 Å². The van der Waals surface area contributed by atoms with E-state index in [0.717, 1.165) is 51.4 Å². The van der Waals surface area contributed by atoms with Gasteiger partial charge in [-0.15, -0.1) is 0 Å². The molecule has 3 atom stereocenters. The van der Waals surface area contributed by atoms with Crippen molar-refractivity contribution in [2.24, 2.45) is 17.8 Å². The lowest BCUT2D eigenvalue weighted by Gasteiger charge is -2.31. The highest BCUT2D eigenvalue weighted by molar-refractivity contribution is 6.84. The Morgan fingerprint density at radius 1 is 0.538 bits per heavy atom. The van der Waals surface area contributed by atoms with E-state index in [4.69, 9.17) is 31.9 Å². The summed E-state index contributed by atoms with van der Waals surface area (Å²) >= 11 is 0. The number of hydrogen-bond acceptors (Lipinski definition) is 10. The minimum Gasteiger partial charge on any atom is -0.494 e. The van der Waals surface area contributed by atoms with E-state index in [1.54, 1.807) is 66.7 Å². The van der Waals surface area contributed by atoms with Crippen molar-refractivity contribution in [3.63, 3.8) is 0 Å². The zero-order valence-corrected chi connectivity index (χ0v) is 44.9. The van der Waals surface area contributed by atoms with Crippen molar-refractivity contribution in [2.45, 2.75) is 148 Å². The third-order valence-corrected chi connectivity index (χ3v) is 24.1. The molecule has 0 spiro atoms. The Morgan fingerprint density at radius 2 is 1.02 bits per heavy atom. The van der Waals surface area contributed by atoms with Gasteiger partial charge in [0.05, 0.1) is 30.3 Å². The van der Waals surface area contributed by atoms with Gasteiger partial charge in [-0.3, -0.25) is 4.79 Å². The van der Waals surface area contributed by atoms with Crippen LogP contribution in [0, 0.1) is 17.8 Å². The van der Waals surface area contributed by atoms with Crippen LogP contribution in [0.4, 0.5) is 0 Å². The molecule has 0 heterocycles. The molecular formula is C51H76O10Si4. The lowest BCUT2D eigenvalue weighted by molar-refractivity contribution is -0.150. The molecule has 2 bridgehead atoms. The van der Waals surface area contributed by atoms with Crippen LogP contribution in [-0.2, 0) is 24.4 Å². The van der Waals surface area contributed by atoms with Crippen molar-refractivity contribution in [3.8, 4) is 23.0 Å². The molecule has 3 aromatic carbocycles. The average molecular weight is 962 g/mol. The molecule has 1 saturated carbocycles. The van der Waals surface area contributed by atoms with Gasteiger partial charge in [0.1, 0.15) is 29.6 Å². The number of unbranched alkanes of at least 4 members (excludes halogenated alkanes) is 6. The number of ether oxygens (including phenoxy) is 5. The molecule has 5 rings (SSSR count). The lowest BCUT2D eigenvalue weighted by Crippen LogP contribution is -2.42. The first kappa shape index (κ1) is 52.2. The number of esters is 3. The van der Waals surface area contributed by atoms with Crippen molar-refractivity contribution in [1.29, 1.82) is 0 Å². The Labute approximate surface area is 393 Å². The summed E-state index contributed by atoms with van der Waals surface area (Å²) in [6, 6.07) is 20.8. The zero-order valence-electron chi connectivity index (χ0n) is 40.9. The van der Waals surface area contributed by atoms with Gasteiger partial charge in [-0.1, -0.05) is 50.7 Å². The molecule has 3 aromatic rings. The predicted octanol–water partition coefficient (Wildman–Crippen LogP) is 13.4. The van der Waals surface area contributed by atoms with E-state index in [9.17, 15) is 14.4 Å². The Hall–Kier alpha value is -3.80. The number of benzene rings is 3. The number of carbonyl (C=O) groups is 3. The van der Waals surface area contributed by atoms with Gasteiger partial charge < -0.3 is 31.9 Å². The lowest BCUT2D eigenvalue weighted by atomic mass is 9.94. The number of rotatable bonds is 27. The fourth-order valence-corrected chi connectivity index (χ4v) is 25.3. The maximum absolute atomic E-state index is 13.4. The second-order valence-corrected chi connectivity index (χ2v) is 39.2. The van der Waals surface area contributed by atoms with Gasteiger partial charge in [0.25, 0.3) is 0 Å². The third kappa shape index (κ3) is 18.4. The predicted molar refractivity (Wildman–Crippen MR) is 269 cm³/mol. The fraction of sp³-hybridized carbons (Fsp3) is 0.549. The normalized spacial score (nSPS) is 17.2. The molecule has 0 N–H and O–H groups in total. The molecule has 3 unspecified atom stereocenters. The maximum atomic E-state index is 13.4. The van der Waals surface area contributed by atoms with Gasteiger partial charge >= 0.3 is 17.9 Å². The van der Waals surface area contributed by atoms with Crippen LogP contribution in [0.25, 0.3) is 0 Å². The van der Waals surface area contributed by atoms with Gasteiger partial charge in [0.2, 0.25) is 0 Å². The van der Waals surface area contributed by atoms with Gasteiger partial charge in [-0.2, -0.15) is 0 Å². The number of carbonyl (C=O) groups excluding carboxylic acids is 3. The second kappa shape index (κ2) is 23.8. The minimum absolute atomic E-state index is 0.151. The molecule has 2 aliphatic rings. The van der Waals surface area contributed by atoms with Gasteiger partial charge in [0.15, 0.2) is 33.3 Å². The minimum atomic E-state index is -1.60. The summed E-state index contributed by atoms with van der Waals surface area (Å²) in [6.07, 6.45) is 14.8. The summed E-state index contributed by atoms with van der Waals surface area (Å²) < 4.78 is 42.3. The first-order valence-electron chi connectivity index (χ1n) is 23.9. The number of allylic oxidation sites excluding steroid dienone is 2. The van der Waals surface area contributed by atoms with Gasteiger partial charge in [0, 0.05) is 5.56 Å². The van der Waals surface area contributed by atoms with Crippen LogP contribution in [0.5, 0.6) is 23.0 Å². The highest BCUT2D eigenvalue weighted by Crippen LogP contribution is 2.44. The van der Waals surface area contributed by atoms with Gasteiger partial charge in [-0.25, -0.2) is 9.59 Å². The standard InChI is InChI=1S/C51H76O10Si4/c1-62(2,3)60-64(7,8)33-17-13-11-15-31-55-44-25-21-40(22-26-44)49(52)58-46-29-30-48(43(37-46)38-57-51(54)47-36-39-19-20-42(47)35-39)59-50(53)41-23-27-45(28-24-41)56-32-16-12-14-18-34-65(9,10)61-63(4,5)6/h19-30,37,39,42,47H,11-18,31-36,38H2,1-10H3. The summed E-state index contributed by atoms with van der Waals surface area (Å²) in [5, 5.41) is 0. The third-order valence-electron chi connectivity index (χ3n) is 11.6. The van der Waals surface area contributed by atoms with Crippen molar-refractivity contribution >= 4 is 51.2 Å². The molecule has 65 heavy (non-hydrogen) atoms. The maximum Gasteiger partial charge on any atom is 0.343 e. The molecular weight excluding hydrogens is 885 g/mol. The summed E-state index contributed by atoms with van der Waals surface area (Å²) in [7, 11) is -6.23. The summed E-state index contributed by atoms with van der Waals surface area (Å²) in [5.74, 6) is 0.780. The average Bonchev–Trinajstić information content (AvgIpc) is 3.86. The summed E-state index contributed by atoms with van der Waals surface area (Å²) in [5.41, 5.74) is 1.10. The summed E-state index contributed by atoms with van der Waals surface area (Å²) in [4.78, 5) is 39.9. The first-order chi connectivity index (χ1) is 30.6. The molecule has 0 radical (unpaired) electrons. The van der Waals surface area contributed by atoms with Crippen LogP contribution in [0.3, 0.4) is 0 Å². The van der Waals surface area contributed by atoms with Crippen LogP contribution < -0.4 is 18.9 Å². The Balaban J connectivity index is 1.10. The Bertz CT molecular complexity index is 2040. The molecule has 0 amide bonds. The monoisotopic (exact) mass is 960 g/mol. The highest BCUT2D eigenvalue weighted by atomic mass is 28.4. The largest absolute Gasteiger partial charge is 0.494 e. The molecule has 0 aromatic heterocycles. The molecule has 14 heteroatoms. The molecule has 10 nitrogen and oxygen atoms in total. The molecule has 1 fully saturated rings. The van der Waals surface area contributed by atoms with Crippen molar-refractivity contribution in [3.05, 3.63) is 95.6 Å². The van der Waals surface area contributed by atoms with Crippen LogP contribution in [0.15, 0.2) is 78.9 Å². The molecule has 356 valence electrons. The van der Waals surface area contributed by atoms with E-state index >= 15 is 0 Å². The van der Waals surface area contributed by atoms with E-state index in [1.165, 1.54) is 24.9 Å². The van der Waals surface area contributed by atoms with E-state index in [0.29, 0.717) is 47.3 Å². The number of hydrogen-bond donors (Lipinski definition) is 0. The van der Waals surface area contributed by atoms with E-state index in [2.05, 4.69) is 77.6 Å². The smallest absolute Gasteiger partial charge is 0.343 e. The van der Waals surface area contributed by atoms with Crippen molar-refractivity contribution in [1.82, 2.24) is 0 Å².